The van der Waals surface area contributed by atoms with E-state index >= 15 is 0 Å². The summed E-state index contributed by atoms with van der Waals surface area (Å²) in [6.45, 7) is 10.8. The van der Waals surface area contributed by atoms with Crippen molar-refractivity contribution in [3.05, 3.63) is 76.8 Å². The molecular weight excluding hydrogens is 1040 g/mol. The highest BCUT2D eigenvalue weighted by atomic mass is 32.2. The van der Waals surface area contributed by atoms with Gasteiger partial charge >= 0.3 is 12.2 Å². The van der Waals surface area contributed by atoms with Gasteiger partial charge in [-0.25, -0.2) is 41.1 Å². The first-order valence-electron chi connectivity index (χ1n) is 25.5. The van der Waals surface area contributed by atoms with E-state index in [1.807, 2.05) is 39.0 Å². The Kier molecular flexibility index (Phi) is 16.0. The number of rotatable bonds is 18. The number of nitrogens with zero attached hydrogens (tertiary/aromatic N) is 6. The van der Waals surface area contributed by atoms with Crippen molar-refractivity contribution in [2.24, 2.45) is 7.05 Å². The van der Waals surface area contributed by atoms with Crippen molar-refractivity contribution in [1.29, 1.82) is 0 Å². The number of aromatic nitrogens is 7. The zero-order valence-electron chi connectivity index (χ0n) is 43.2. The lowest BCUT2D eigenvalue weighted by atomic mass is 9.86. The van der Waals surface area contributed by atoms with Crippen molar-refractivity contribution in [2.75, 3.05) is 10.6 Å². The predicted octanol–water partition coefficient (Wildman–Crippen LogP) is 9.83. The smallest absolute Gasteiger partial charge is 0.407 e. The van der Waals surface area contributed by atoms with Gasteiger partial charge in [0, 0.05) is 89.6 Å². The van der Waals surface area contributed by atoms with Crippen molar-refractivity contribution < 1.29 is 35.9 Å². The number of amides is 2. The molecule has 4 aromatic heterocycles. The number of carbonyl (C=O) groups is 2. The maximum Gasteiger partial charge on any atom is 0.407 e. The highest BCUT2D eigenvalue weighted by molar-refractivity contribution is 7.92. The topological polar surface area (TPSA) is 266 Å². The lowest BCUT2D eigenvalue weighted by Gasteiger charge is -2.28. The fourth-order valence-corrected chi connectivity index (χ4v) is 15.6. The molecule has 6 N–H and O–H groups in total. The minimum Gasteiger partial charge on any atom is -0.447 e. The van der Waals surface area contributed by atoms with Crippen LogP contribution in [0.15, 0.2) is 70.8 Å². The summed E-state index contributed by atoms with van der Waals surface area (Å²) in [5.74, 6) is 1.35. The molecule has 9 rings (SSSR count). The minimum atomic E-state index is -4.00. The number of aryl methyl sites for hydroxylation is 1. The number of alkyl carbamates (subject to hydrolysis) is 2. The van der Waals surface area contributed by atoms with Crippen molar-refractivity contribution in [3.63, 3.8) is 0 Å². The first-order valence-corrected chi connectivity index (χ1v) is 30.2. The molecule has 2 amide bonds. The van der Waals surface area contributed by atoms with Crippen LogP contribution in [0.2, 0.25) is 0 Å². The maximum absolute atomic E-state index is 14.0. The Morgan fingerprint density at radius 1 is 0.733 bits per heavy atom. The Labute approximate surface area is 446 Å². The molecule has 1 atom stereocenters. The second kappa shape index (κ2) is 22.3. The van der Waals surface area contributed by atoms with Gasteiger partial charge in [-0.2, -0.15) is 5.10 Å². The molecule has 0 saturated heterocycles. The van der Waals surface area contributed by atoms with Gasteiger partial charge in [-0.1, -0.05) is 17.3 Å². The van der Waals surface area contributed by atoms with Crippen LogP contribution in [0, 0.1) is 0 Å². The number of hydrogen-bond donors (Lipinski definition) is 6. The molecule has 3 saturated carbocycles. The number of thiazole rings is 2. The molecule has 75 heavy (non-hydrogen) atoms. The number of H-pyrrole nitrogens is 1. The maximum atomic E-state index is 14.0. The normalized spacial score (nSPS) is 19.8. The summed E-state index contributed by atoms with van der Waals surface area (Å²) >= 11 is 3.00. The molecular formula is C51H66N12O8S4. The largest absolute Gasteiger partial charge is 0.447 e. The molecule has 2 aromatic carbocycles. The minimum absolute atomic E-state index is 0.0362. The zero-order valence-corrected chi connectivity index (χ0v) is 46.4. The summed E-state index contributed by atoms with van der Waals surface area (Å²) < 4.78 is 70.8. The highest BCUT2D eigenvalue weighted by Gasteiger charge is 2.39. The van der Waals surface area contributed by atoms with Gasteiger partial charge in [0.05, 0.1) is 47.1 Å². The van der Waals surface area contributed by atoms with Gasteiger partial charge in [0.15, 0.2) is 21.5 Å². The predicted molar refractivity (Wildman–Crippen MR) is 289 cm³/mol. The van der Waals surface area contributed by atoms with Crippen LogP contribution < -0.4 is 26.0 Å². The highest BCUT2D eigenvalue weighted by Crippen LogP contribution is 2.44. The van der Waals surface area contributed by atoms with Crippen LogP contribution in [-0.2, 0) is 42.8 Å². The number of sulfone groups is 1. The summed E-state index contributed by atoms with van der Waals surface area (Å²) in [6.07, 6.45) is 11.7. The number of aromatic amines is 1. The van der Waals surface area contributed by atoms with Gasteiger partial charge in [-0.3, -0.25) is 9.78 Å². The molecule has 24 heteroatoms. The fraction of sp³-hybridized carbons (Fsp3) is 0.510. The lowest BCUT2D eigenvalue weighted by molar-refractivity contribution is 0.101. The van der Waals surface area contributed by atoms with E-state index in [1.54, 1.807) is 75.4 Å². The van der Waals surface area contributed by atoms with Gasteiger partial charge in [-0.05, 0) is 130 Å². The Bertz CT molecular complexity index is 3210. The van der Waals surface area contributed by atoms with Crippen molar-refractivity contribution in [3.8, 4) is 20.9 Å². The van der Waals surface area contributed by atoms with Gasteiger partial charge in [0.25, 0.3) is 0 Å². The van der Waals surface area contributed by atoms with Gasteiger partial charge in [-0.15, -0.1) is 27.8 Å². The van der Waals surface area contributed by atoms with Crippen molar-refractivity contribution in [2.45, 2.75) is 169 Å². The third-order valence-electron chi connectivity index (χ3n) is 13.3. The molecule has 0 aliphatic heterocycles. The third kappa shape index (κ3) is 13.7. The van der Waals surface area contributed by atoms with E-state index in [4.69, 9.17) is 19.4 Å². The molecule has 0 bridgehead atoms. The van der Waals surface area contributed by atoms with E-state index in [1.165, 1.54) is 22.7 Å². The number of carbonyl (C=O) groups excluding carboxylic acids is 2. The molecule has 3 aliphatic carbocycles. The molecule has 6 aromatic rings. The monoisotopic (exact) mass is 1100 g/mol. The summed E-state index contributed by atoms with van der Waals surface area (Å²) in [7, 11) is -5.77. The average Bonchev–Trinajstić information content (AvgIpc) is 3.65. The van der Waals surface area contributed by atoms with Crippen LogP contribution >= 0.6 is 22.7 Å². The standard InChI is InChI=1S/C51H66N12O8S4/c1-29(2)70-49(64)56-33-12-8-32(9-13-33)48-53-27-42(73-48)40-21-17-36(24-44(40)75(68,69)61-51(4,5)6)54-45-25-37(58-59-45)22-30(3)71-50(65)57-34-14-10-31(11-15-34)47-52-26-41(72-47)39-20-16-35(55-46-28-63(7)62-60-46)23-43(39)74(66,67)38-18-19-38/h16-17,20-21,23-34,38,55,61H,8-15,18-19,22H2,1-7H3,(H,56,64)(H,57,65)(H2,54,58,59). The average molecular weight is 1100 g/mol. The second-order valence-corrected chi connectivity index (χ2v) is 27.2. The summed E-state index contributed by atoms with van der Waals surface area (Å²) in [4.78, 5) is 36.7. The molecule has 402 valence electrons. The number of benzene rings is 2. The van der Waals surface area contributed by atoms with E-state index in [0.717, 1.165) is 71.1 Å². The molecule has 1 unspecified atom stereocenters. The van der Waals surface area contributed by atoms with Gasteiger partial charge in [0.1, 0.15) is 6.10 Å². The first-order chi connectivity index (χ1) is 35.6. The quantitative estimate of drug-likeness (QED) is 0.0468. The number of sulfonamides is 1. The summed E-state index contributed by atoms with van der Waals surface area (Å²) in [5.41, 5.74) is 2.27. The number of nitrogens with one attached hydrogen (secondary N) is 6. The van der Waals surface area contributed by atoms with Crippen LogP contribution in [-0.4, -0.2) is 99.3 Å². The number of anilines is 4. The number of ether oxygens (including phenoxy) is 2. The van der Waals surface area contributed by atoms with Gasteiger partial charge in [0.2, 0.25) is 10.0 Å². The second-order valence-electron chi connectivity index (χ2n) is 21.2. The van der Waals surface area contributed by atoms with Crippen LogP contribution in [0.5, 0.6) is 0 Å². The molecule has 3 aliphatic rings. The first kappa shape index (κ1) is 53.9. The van der Waals surface area contributed by atoms with E-state index in [-0.39, 0.29) is 45.1 Å². The van der Waals surface area contributed by atoms with E-state index in [9.17, 15) is 26.4 Å². The van der Waals surface area contributed by atoms with Gasteiger partial charge < -0.3 is 30.7 Å². The summed E-state index contributed by atoms with van der Waals surface area (Å²) in [5, 5.41) is 29.4. The molecule has 0 spiro atoms. The van der Waals surface area contributed by atoms with Crippen LogP contribution in [0.4, 0.5) is 32.6 Å². The van der Waals surface area contributed by atoms with Crippen LogP contribution in [0.25, 0.3) is 20.9 Å². The Balaban J connectivity index is 0.772. The molecule has 0 radical (unpaired) electrons. The summed E-state index contributed by atoms with van der Waals surface area (Å²) in [6, 6.07) is 12.3. The SMILES string of the molecule is CC(C)OC(=O)NC1CCC(c2ncc(-c3ccc(Nc4cc(CC(C)OC(=O)NC5CCC(c6ncc(-c7ccc(Nc8cn(C)nn8)cc7S(=O)(=O)C7CC7)s6)CC5)[nH]n4)cc3S(=O)(=O)NC(C)(C)C)s2)CC1. The Hall–Kier alpha value is -5.95. The van der Waals surface area contributed by atoms with Crippen molar-refractivity contribution >= 4 is 77.7 Å². The number of hydrogen-bond acceptors (Lipinski definition) is 17. The molecule has 3 fully saturated rings. The van der Waals surface area contributed by atoms with E-state index in [2.05, 4.69) is 46.5 Å². The molecule has 4 heterocycles. The fourth-order valence-electron chi connectivity index (χ4n) is 9.63. The van der Waals surface area contributed by atoms with Crippen LogP contribution in [0.3, 0.4) is 0 Å². The Morgan fingerprint density at radius 3 is 1.79 bits per heavy atom. The third-order valence-corrected chi connectivity index (χ3v) is 19.8. The Morgan fingerprint density at radius 2 is 1.27 bits per heavy atom. The lowest BCUT2D eigenvalue weighted by Crippen LogP contribution is -2.40. The zero-order chi connectivity index (χ0) is 53.2. The van der Waals surface area contributed by atoms with Crippen LogP contribution in [0.1, 0.15) is 133 Å². The molecule has 20 nitrogen and oxygen atoms in total. The van der Waals surface area contributed by atoms with E-state index < -0.39 is 43.7 Å². The van der Waals surface area contributed by atoms with Crippen molar-refractivity contribution in [1.82, 2.24) is 50.5 Å². The van der Waals surface area contributed by atoms with E-state index in [0.29, 0.717) is 59.1 Å².